The molecule has 3 heteroatoms. The number of esters is 1. The first-order valence-electron chi connectivity index (χ1n) is 5.59. The van der Waals surface area contributed by atoms with Crippen molar-refractivity contribution >= 4 is 12.0 Å². The van der Waals surface area contributed by atoms with Gasteiger partial charge in [0.15, 0.2) is 0 Å². The summed E-state index contributed by atoms with van der Waals surface area (Å²) in [6.45, 7) is 7.48. The summed E-state index contributed by atoms with van der Waals surface area (Å²) >= 11 is 0. The standard InChI is InChI=1S/C14H16O3/c1-9-7-11-8-12(16-10(2)15)5-6-13(11)17-14(9,3)4/h5-8H,1-4H3. The van der Waals surface area contributed by atoms with E-state index < -0.39 is 0 Å². The Labute approximate surface area is 101 Å². The molecule has 0 spiro atoms. The third kappa shape index (κ3) is 2.33. The molecule has 0 aliphatic carbocycles. The molecule has 0 saturated heterocycles. The molecule has 2 rings (SSSR count). The lowest BCUT2D eigenvalue weighted by molar-refractivity contribution is -0.131. The molecular formula is C14H16O3. The summed E-state index contributed by atoms with van der Waals surface area (Å²) in [5.41, 5.74) is 1.81. The average Bonchev–Trinajstić information content (AvgIpc) is 2.19. The highest BCUT2D eigenvalue weighted by Gasteiger charge is 2.27. The van der Waals surface area contributed by atoms with E-state index in [1.165, 1.54) is 6.92 Å². The van der Waals surface area contributed by atoms with Crippen LogP contribution in [0.2, 0.25) is 0 Å². The predicted octanol–water partition coefficient (Wildman–Crippen LogP) is 3.19. The van der Waals surface area contributed by atoms with E-state index >= 15 is 0 Å². The van der Waals surface area contributed by atoms with Crippen LogP contribution in [0.1, 0.15) is 33.3 Å². The van der Waals surface area contributed by atoms with Crippen LogP contribution in [0.3, 0.4) is 0 Å². The predicted molar refractivity (Wildman–Crippen MR) is 66.1 cm³/mol. The third-order valence-electron chi connectivity index (χ3n) is 2.93. The monoisotopic (exact) mass is 232 g/mol. The molecule has 0 N–H and O–H groups in total. The Morgan fingerprint density at radius 2 is 2.06 bits per heavy atom. The fourth-order valence-corrected chi connectivity index (χ4v) is 1.72. The van der Waals surface area contributed by atoms with Gasteiger partial charge in [-0.1, -0.05) is 0 Å². The van der Waals surface area contributed by atoms with Crippen molar-refractivity contribution in [3.8, 4) is 11.5 Å². The van der Waals surface area contributed by atoms with Crippen molar-refractivity contribution in [2.24, 2.45) is 0 Å². The molecule has 90 valence electrons. The number of rotatable bonds is 1. The zero-order valence-corrected chi connectivity index (χ0v) is 10.5. The van der Waals surface area contributed by atoms with Crippen molar-refractivity contribution in [2.45, 2.75) is 33.3 Å². The molecule has 3 nitrogen and oxygen atoms in total. The number of benzene rings is 1. The average molecular weight is 232 g/mol. The van der Waals surface area contributed by atoms with E-state index in [2.05, 4.69) is 6.08 Å². The molecule has 0 saturated carbocycles. The topological polar surface area (TPSA) is 35.5 Å². The van der Waals surface area contributed by atoms with Gasteiger partial charge in [0, 0.05) is 12.5 Å². The Kier molecular flexibility index (Phi) is 2.69. The minimum Gasteiger partial charge on any atom is -0.483 e. The molecule has 0 amide bonds. The Bertz CT molecular complexity index is 498. The molecule has 1 aliphatic heterocycles. The van der Waals surface area contributed by atoms with E-state index in [9.17, 15) is 4.79 Å². The Balaban J connectivity index is 2.39. The second kappa shape index (κ2) is 3.91. The quantitative estimate of drug-likeness (QED) is 0.551. The molecule has 17 heavy (non-hydrogen) atoms. The number of ether oxygens (including phenoxy) is 2. The van der Waals surface area contributed by atoms with Crippen molar-refractivity contribution < 1.29 is 14.3 Å². The van der Waals surface area contributed by atoms with E-state index in [1.807, 2.05) is 32.9 Å². The number of carbonyl (C=O) groups excluding carboxylic acids is 1. The molecule has 1 aromatic rings. The maximum absolute atomic E-state index is 10.9. The van der Waals surface area contributed by atoms with Gasteiger partial charge in [-0.2, -0.15) is 0 Å². The minimum atomic E-state index is -0.317. The molecule has 0 radical (unpaired) electrons. The van der Waals surface area contributed by atoms with Gasteiger partial charge in [-0.3, -0.25) is 4.79 Å². The van der Waals surface area contributed by atoms with E-state index in [0.717, 1.165) is 16.9 Å². The first-order valence-corrected chi connectivity index (χ1v) is 5.59. The molecular weight excluding hydrogens is 216 g/mol. The van der Waals surface area contributed by atoms with Crippen LogP contribution in [0.4, 0.5) is 0 Å². The van der Waals surface area contributed by atoms with Gasteiger partial charge in [0.1, 0.15) is 17.1 Å². The number of hydrogen-bond acceptors (Lipinski definition) is 3. The summed E-state index contributed by atoms with van der Waals surface area (Å²) < 4.78 is 10.9. The summed E-state index contributed by atoms with van der Waals surface area (Å²) in [6.07, 6.45) is 2.06. The number of hydrogen-bond donors (Lipinski definition) is 0. The SMILES string of the molecule is CC(=O)Oc1ccc2c(c1)C=C(C)C(C)(C)O2. The summed E-state index contributed by atoms with van der Waals surface area (Å²) in [6, 6.07) is 5.39. The van der Waals surface area contributed by atoms with Gasteiger partial charge in [0.25, 0.3) is 0 Å². The van der Waals surface area contributed by atoms with Crippen LogP contribution in [0.5, 0.6) is 11.5 Å². The lowest BCUT2D eigenvalue weighted by atomic mass is 9.94. The second-order valence-corrected chi connectivity index (χ2v) is 4.73. The Morgan fingerprint density at radius 1 is 1.35 bits per heavy atom. The van der Waals surface area contributed by atoms with Crippen molar-refractivity contribution in [3.63, 3.8) is 0 Å². The van der Waals surface area contributed by atoms with Crippen molar-refractivity contribution in [2.75, 3.05) is 0 Å². The molecule has 0 unspecified atom stereocenters. The highest BCUT2D eigenvalue weighted by atomic mass is 16.5. The third-order valence-corrected chi connectivity index (χ3v) is 2.93. The highest BCUT2D eigenvalue weighted by Crippen LogP contribution is 2.36. The molecule has 0 aromatic heterocycles. The maximum atomic E-state index is 10.9. The van der Waals surface area contributed by atoms with Crippen LogP contribution in [-0.4, -0.2) is 11.6 Å². The van der Waals surface area contributed by atoms with Gasteiger partial charge >= 0.3 is 5.97 Å². The normalized spacial score (nSPS) is 16.6. The zero-order chi connectivity index (χ0) is 12.6. The lowest BCUT2D eigenvalue weighted by Gasteiger charge is -2.32. The molecule has 1 heterocycles. The van der Waals surface area contributed by atoms with Crippen LogP contribution >= 0.6 is 0 Å². The van der Waals surface area contributed by atoms with Crippen LogP contribution in [0.25, 0.3) is 6.08 Å². The smallest absolute Gasteiger partial charge is 0.308 e. The van der Waals surface area contributed by atoms with Crippen molar-refractivity contribution in [1.29, 1.82) is 0 Å². The molecule has 0 atom stereocenters. The van der Waals surface area contributed by atoms with E-state index in [-0.39, 0.29) is 11.6 Å². The van der Waals surface area contributed by atoms with E-state index in [4.69, 9.17) is 9.47 Å². The molecule has 1 aliphatic rings. The van der Waals surface area contributed by atoms with Gasteiger partial charge in [-0.15, -0.1) is 0 Å². The van der Waals surface area contributed by atoms with Gasteiger partial charge in [-0.25, -0.2) is 0 Å². The highest BCUT2D eigenvalue weighted by molar-refractivity contribution is 5.71. The van der Waals surface area contributed by atoms with Gasteiger partial charge in [0.2, 0.25) is 0 Å². The van der Waals surface area contributed by atoms with Gasteiger partial charge < -0.3 is 9.47 Å². The van der Waals surface area contributed by atoms with Gasteiger partial charge in [0.05, 0.1) is 0 Å². The lowest BCUT2D eigenvalue weighted by Crippen LogP contribution is -2.31. The first kappa shape index (κ1) is 11.7. The Hall–Kier alpha value is -1.77. The maximum Gasteiger partial charge on any atom is 0.308 e. The largest absolute Gasteiger partial charge is 0.483 e. The second-order valence-electron chi connectivity index (χ2n) is 4.73. The molecule has 1 aromatic carbocycles. The van der Waals surface area contributed by atoms with E-state index in [0.29, 0.717) is 5.75 Å². The van der Waals surface area contributed by atoms with Crippen molar-refractivity contribution in [3.05, 3.63) is 29.3 Å². The molecule has 0 fully saturated rings. The summed E-state index contributed by atoms with van der Waals surface area (Å²) in [5.74, 6) is 1.04. The number of carbonyl (C=O) groups is 1. The fourth-order valence-electron chi connectivity index (χ4n) is 1.72. The first-order chi connectivity index (χ1) is 7.88. The minimum absolute atomic E-state index is 0.282. The van der Waals surface area contributed by atoms with Crippen LogP contribution < -0.4 is 9.47 Å². The van der Waals surface area contributed by atoms with Crippen LogP contribution in [-0.2, 0) is 4.79 Å². The summed E-state index contributed by atoms with van der Waals surface area (Å²) in [4.78, 5) is 10.9. The zero-order valence-electron chi connectivity index (χ0n) is 10.5. The van der Waals surface area contributed by atoms with Gasteiger partial charge in [-0.05, 0) is 50.6 Å². The Morgan fingerprint density at radius 3 is 2.71 bits per heavy atom. The van der Waals surface area contributed by atoms with Crippen LogP contribution in [0.15, 0.2) is 23.8 Å². The van der Waals surface area contributed by atoms with E-state index in [1.54, 1.807) is 6.07 Å². The van der Waals surface area contributed by atoms with Crippen LogP contribution in [0, 0.1) is 0 Å². The summed E-state index contributed by atoms with van der Waals surface area (Å²) in [7, 11) is 0. The summed E-state index contributed by atoms with van der Waals surface area (Å²) in [5, 5.41) is 0. The fraction of sp³-hybridized carbons (Fsp3) is 0.357. The molecule has 0 bridgehead atoms. The number of fused-ring (bicyclic) bond motifs is 1. The van der Waals surface area contributed by atoms with Crippen molar-refractivity contribution in [1.82, 2.24) is 0 Å².